The summed E-state index contributed by atoms with van der Waals surface area (Å²) in [7, 11) is 0. The highest BCUT2D eigenvalue weighted by molar-refractivity contribution is 5.71. The van der Waals surface area contributed by atoms with Gasteiger partial charge < -0.3 is 14.2 Å². The zero-order valence-electron chi connectivity index (χ0n) is 39.0. The maximum Gasteiger partial charge on any atom is 0.306 e. The van der Waals surface area contributed by atoms with Gasteiger partial charge in [0.25, 0.3) is 0 Å². The first-order chi connectivity index (χ1) is 29.0. The van der Waals surface area contributed by atoms with Crippen molar-refractivity contribution in [3.63, 3.8) is 0 Å². The molecule has 0 aliphatic rings. The Balaban J connectivity index is 4.30. The van der Waals surface area contributed by atoms with Gasteiger partial charge in [0.15, 0.2) is 6.10 Å². The normalized spacial score (nSPS) is 12.4. The van der Waals surface area contributed by atoms with Crippen LogP contribution in [0.4, 0.5) is 0 Å². The summed E-state index contributed by atoms with van der Waals surface area (Å²) in [6.07, 6.45) is 56.6. The lowest BCUT2D eigenvalue weighted by Crippen LogP contribution is -2.30. The summed E-state index contributed by atoms with van der Waals surface area (Å²) in [5.74, 6) is -0.888. The number of carbonyl (C=O) groups excluding carboxylic acids is 3. The minimum atomic E-state index is -0.775. The number of allylic oxidation sites excluding steroid dienone is 8. The first-order valence-electron chi connectivity index (χ1n) is 25.1. The molecule has 0 aromatic rings. The van der Waals surface area contributed by atoms with Crippen LogP contribution in [-0.4, -0.2) is 37.2 Å². The van der Waals surface area contributed by atoms with Crippen molar-refractivity contribution >= 4 is 17.9 Å². The van der Waals surface area contributed by atoms with Gasteiger partial charge in [0, 0.05) is 19.3 Å². The highest BCUT2D eigenvalue weighted by Gasteiger charge is 2.19. The molecule has 6 nitrogen and oxygen atoms in total. The molecule has 0 amide bonds. The van der Waals surface area contributed by atoms with E-state index in [2.05, 4.69) is 69.4 Å². The van der Waals surface area contributed by atoms with E-state index in [1.807, 2.05) is 0 Å². The minimum absolute atomic E-state index is 0.0761. The van der Waals surface area contributed by atoms with Crippen molar-refractivity contribution in [2.45, 2.75) is 258 Å². The average Bonchev–Trinajstić information content (AvgIpc) is 3.23. The van der Waals surface area contributed by atoms with Crippen molar-refractivity contribution in [1.29, 1.82) is 0 Å². The Kier molecular flexibility index (Phi) is 45.9. The van der Waals surface area contributed by atoms with Crippen LogP contribution in [0.25, 0.3) is 0 Å². The highest BCUT2D eigenvalue weighted by atomic mass is 16.6. The lowest BCUT2D eigenvalue weighted by Gasteiger charge is -2.18. The standard InChI is InChI=1S/C53H94O6/c1-4-7-10-13-16-19-22-24-25-26-27-28-29-30-32-34-37-40-43-46-52(55)58-49-50(48-57-51(54)45-42-39-36-33-21-18-15-12-9-6-3)59-53(56)47-44-41-38-35-31-23-20-17-14-11-8-5-2/h7,10,16-17,19-20,24-25,50H,4-6,8-9,11-15,18,21-23,26-49H2,1-3H3/b10-7-,19-16-,20-17-,25-24-. The average molecular weight is 827 g/mol. The molecule has 0 saturated carbocycles. The molecule has 342 valence electrons. The van der Waals surface area contributed by atoms with Crippen molar-refractivity contribution in [1.82, 2.24) is 0 Å². The van der Waals surface area contributed by atoms with Crippen LogP contribution in [-0.2, 0) is 28.6 Å². The third-order valence-corrected chi connectivity index (χ3v) is 10.8. The minimum Gasteiger partial charge on any atom is -0.462 e. The molecule has 1 unspecified atom stereocenters. The van der Waals surface area contributed by atoms with Crippen molar-refractivity contribution in [3.8, 4) is 0 Å². The number of rotatable bonds is 45. The third-order valence-electron chi connectivity index (χ3n) is 10.8. The predicted octanol–water partition coefficient (Wildman–Crippen LogP) is 16.3. The van der Waals surface area contributed by atoms with Crippen molar-refractivity contribution in [2.75, 3.05) is 13.2 Å². The summed E-state index contributed by atoms with van der Waals surface area (Å²) in [5.41, 5.74) is 0. The fraction of sp³-hybridized carbons (Fsp3) is 0.792. The molecule has 1 atom stereocenters. The van der Waals surface area contributed by atoms with Gasteiger partial charge in [0.1, 0.15) is 13.2 Å². The van der Waals surface area contributed by atoms with Crippen LogP contribution < -0.4 is 0 Å². The Labute approximate surface area is 365 Å². The molecule has 0 bridgehead atoms. The largest absolute Gasteiger partial charge is 0.462 e. The van der Waals surface area contributed by atoms with E-state index in [9.17, 15) is 14.4 Å². The molecule has 0 aliphatic heterocycles. The fourth-order valence-electron chi connectivity index (χ4n) is 7.04. The molecule has 0 fully saturated rings. The van der Waals surface area contributed by atoms with Gasteiger partial charge in [-0.05, 0) is 77.0 Å². The quantitative estimate of drug-likeness (QED) is 0.0263. The molecule has 0 heterocycles. The maximum absolute atomic E-state index is 12.7. The molecule has 0 radical (unpaired) electrons. The lowest BCUT2D eigenvalue weighted by molar-refractivity contribution is -0.167. The van der Waals surface area contributed by atoms with Gasteiger partial charge in [0.05, 0.1) is 0 Å². The zero-order chi connectivity index (χ0) is 43.0. The van der Waals surface area contributed by atoms with E-state index < -0.39 is 6.10 Å². The van der Waals surface area contributed by atoms with Crippen molar-refractivity contribution in [3.05, 3.63) is 48.6 Å². The summed E-state index contributed by atoms with van der Waals surface area (Å²) in [4.78, 5) is 37.8. The molecule has 0 aliphatic carbocycles. The van der Waals surface area contributed by atoms with Crippen LogP contribution in [0.3, 0.4) is 0 Å². The first kappa shape index (κ1) is 56.4. The van der Waals surface area contributed by atoms with Crippen LogP contribution in [0, 0.1) is 0 Å². The Morgan fingerprint density at radius 3 is 1.08 bits per heavy atom. The molecule has 0 saturated heterocycles. The molecule has 0 aromatic carbocycles. The Bertz CT molecular complexity index is 1040. The number of hydrogen-bond acceptors (Lipinski definition) is 6. The van der Waals surface area contributed by atoms with E-state index in [0.29, 0.717) is 19.3 Å². The maximum atomic E-state index is 12.7. The number of hydrogen-bond donors (Lipinski definition) is 0. The van der Waals surface area contributed by atoms with E-state index >= 15 is 0 Å². The molecular weight excluding hydrogens is 733 g/mol. The van der Waals surface area contributed by atoms with Gasteiger partial charge in [-0.2, -0.15) is 0 Å². The van der Waals surface area contributed by atoms with Crippen molar-refractivity contribution < 1.29 is 28.6 Å². The van der Waals surface area contributed by atoms with Gasteiger partial charge in [-0.25, -0.2) is 0 Å². The summed E-state index contributed by atoms with van der Waals surface area (Å²) < 4.78 is 16.7. The van der Waals surface area contributed by atoms with E-state index in [1.165, 1.54) is 122 Å². The topological polar surface area (TPSA) is 78.9 Å². The predicted molar refractivity (Wildman–Crippen MR) is 252 cm³/mol. The second-order valence-electron chi connectivity index (χ2n) is 16.7. The van der Waals surface area contributed by atoms with Gasteiger partial charge in [-0.15, -0.1) is 0 Å². The highest BCUT2D eigenvalue weighted by Crippen LogP contribution is 2.15. The molecule has 6 heteroatoms. The Hall–Kier alpha value is -2.63. The van der Waals surface area contributed by atoms with Crippen LogP contribution in [0.15, 0.2) is 48.6 Å². The Morgan fingerprint density at radius 1 is 0.356 bits per heavy atom. The summed E-state index contributed by atoms with van der Waals surface area (Å²) in [6, 6.07) is 0. The zero-order valence-corrected chi connectivity index (χ0v) is 39.0. The van der Waals surface area contributed by atoms with E-state index in [0.717, 1.165) is 89.9 Å². The third kappa shape index (κ3) is 46.3. The fourth-order valence-corrected chi connectivity index (χ4v) is 7.04. The number of ether oxygens (including phenoxy) is 3. The van der Waals surface area contributed by atoms with Gasteiger partial charge in [0.2, 0.25) is 0 Å². The smallest absolute Gasteiger partial charge is 0.306 e. The summed E-state index contributed by atoms with van der Waals surface area (Å²) >= 11 is 0. The summed E-state index contributed by atoms with van der Waals surface area (Å²) in [5, 5.41) is 0. The molecular formula is C53H94O6. The molecule has 0 N–H and O–H groups in total. The Morgan fingerprint density at radius 2 is 0.661 bits per heavy atom. The SMILES string of the molecule is CC/C=C\C/C=C\C/C=C\CCCCCCCCCCCC(=O)OCC(COC(=O)CCCCCCCCCCCC)OC(=O)CCCCCCC/C=C\CCCCC. The van der Waals surface area contributed by atoms with Crippen LogP contribution in [0.5, 0.6) is 0 Å². The molecule has 0 aromatic heterocycles. The number of esters is 3. The van der Waals surface area contributed by atoms with Crippen LogP contribution in [0.1, 0.15) is 252 Å². The van der Waals surface area contributed by atoms with E-state index in [1.54, 1.807) is 0 Å². The lowest BCUT2D eigenvalue weighted by atomic mass is 10.1. The van der Waals surface area contributed by atoms with E-state index in [4.69, 9.17) is 14.2 Å². The van der Waals surface area contributed by atoms with Crippen LogP contribution in [0.2, 0.25) is 0 Å². The van der Waals surface area contributed by atoms with Gasteiger partial charge >= 0.3 is 17.9 Å². The second-order valence-corrected chi connectivity index (χ2v) is 16.7. The van der Waals surface area contributed by atoms with Crippen LogP contribution >= 0.6 is 0 Å². The number of unbranched alkanes of at least 4 members (excludes halogenated alkanes) is 26. The monoisotopic (exact) mass is 827 g/mol. The van der Waals surface area contributed by atoms with Gasteiger partial charge in [-0.1, -0.05) is 204 Å². The molecule has 0 spiro atoms. The molecule has 0 rings (SSSR count). The molecule has 59 heavy (non-hydrogen) atoms. The van der Waals surface area contributed by atoms with E-state index in [-0.39, 0.29) is 31.1 Å². The number of carbonyl (C=O) groups is 3. The first-order valence-corrected chi connectivity index (χ1v) is 25.1. The van der Waals surface area contributed by atoms with Gasteiger partial charge in [-0.3, -0.25) is 14.4 Å². The summed E-state index contributed by atoms with van der Waals surface area (Å²) in [6.45, 7) is 6.49. The van der Waals surface area contributed by atoms with Crippen molar-refractivity contribution in [2.24, 2.45) is 0 Å². The second kappa shape index (κ2) is 48.0.